The van der Waals surface area contributed by atoms with E-state index in [1.165, 1.54) is 0 Å². The summed E-state index contributed by atoms with van der Waals surface area (Å²) in [7, 11) is 0. The topological polar surface area (TPSA) is 60.4 Å². The van der Waals surface area contributed by atoms with Crippen LogP contribution in [0.4, 0.5) is 0 Å². The van der Waals surface area contributed by atoms with Crippen LogP contribution in [0.3, 0.4) is 0 Å². The van der Waals surface area contributed by atoms with Crippen LogP contribution in [0, 0.1) is 12.8 Å². The van der Waals surface area contributed by atoms with Gasteiger partial charge in [-0.15, -0.1) is 0 Å². The molecule has 5 rings (SSSR count). The summed E-state index contributed by atoms with van der Waals surface area (Å²) in [6.45, 7) is 1.97. The molecule has 2 aromatic rings. The normalized spacial score (nSPS) is 28.9. The number of hydrogen-bond donors (Lipinski definition) is 1. The lowest BCUT2D eigenvalue weighted by molar-refractivity contribution is -0.314. The second kappa shape index (κ2) is 3.95. The lowest BCUT2D eigenvalue weighted by Crippen LogP contribution is -2.50. The van der Waals surface area contributed by atoms with Crippen molar-refractivity contribution in [2.45, 2.75) is 24.9 Å². The molecule has 0 saturated heterocycles. The smallest absolute Gasteiger partial charge is 0.116 e. The zero-order valence-electron chi connectivity index (χ0n) is 11.7. The van der Waals surface area contributed by atoms with Crippen molar-refractivity contribution in [1.29, 1.82) is 0 Å². The number of carbonyl (C=O) groups is 1. The number of hydrogen-bond acceptors (Lipinski definition) is 3. The lowest BCUT2D eigenvalue weighted by atomic mass is 9.56. The summed E-state index contributed by atoms with van der Waals surface area (Å²) >= 11 is 0. The molecule has 3 unspecified atom stereocenters. The van der Waals surface area contributed by atoms with Gasteiger partial charge in [0.1, 0.15) is 5.60 Å². The predicted octanol–water partition coefficient (Wildman–Crippen LogP) is 1.45. The van der Waals surface area contributed by atoms with Gasteiger partial charge in [0.25, 0.3) is 0 Å². The Kier molecular flexibility index (Phi) is 2.37. The maximum absolute atomic E-state index is 11.6. The van der Waals surface area contributed by atoms with Crippen LogP contribution in [0.15, 0.2) is 42.5 Å². The van der Waals surface area contributed by atoms with Gasteiger partial charge in [0.05, 0.1) is 0 Å². The molecule has 3 aliphatic rings. The summed E-state index contributed by atoms with van der Waals surface area (Å²) in [5.41, 5.74) is 3.35. The zero-order valence-corrected chi connectivity index (χ0v) is 11.7. The van der Waals surface area contributed by atoms with Gasteiger partial charge >= 0.3 is 0 Å². The molecule has 106 valence electrons. The fraction of sp³-hybridized carbons (Fsp3) is 0.278. The van der Waals surface area contributed by atoms with Crippen LogP contribution in [0.2, 0.25) is 0 Å². The molecule has 3 aliphatic carbocycles. The quantitative estimate of drug-likeness (QED) is 0.859. The highest BCUT2D eigenvalue weighted by Crippen LogP contribution is 2.57. The molecule has 21 heavy (non-hydrogen) atoms. The first kappa shape index (κ1) is 12.6. The van der Waals surface area contributed by atoms with E-state index in [0.29, 0.717) is 0 Å². The fourth-order valence-corrected chi connectivity index (χ4v) is 4.26. The van der Waals surface area contributed by atoms with Gasteiger partial charge < -0.3 is 15.0 Å². The number of aryl methyl sites for hydroxylation is 1. The average Bonchev–Trinajstić information content (AvgIpc) is 2.47. The van der Waals surface area contributed by atoms with Crippen molar-refractivity contribution in [2.24, 2.45) is 5.92 Å². The number of aliphatic hydroxyl groups is 1. The Balaban J connectivity index is 2.10. The van der Waals surface area contributed by atoms with E-state index >= 15 is 0 Å². The van der Waals surface area contributed by atoms with Crippen LogP contribution < -0.4 is 5.11 Å². The summed E-state index contributed by atoms with van der Waals surface area (Å²) < 4.78 is 0. The van der Waals surface area contributed by atoms with Crippen molar-refractivity contribution in [3.8, 4) is 0 Å². The molecular weight excluding hydrogens is 264 g/mol. The molecule has 3 heteroatoms. The van der Waals surface area contributed by atoms with Gasteiger partial charge in [0.15, 0.2) is 0 Å². The molecule has 0 aliphatic heterocycles. The van der Waals surface area contributed by atoms with E-state index in [2.05, 4.69) is 0 Å². The molecule has 3 nitrogen and oxygen atoms in total. The highest BCUT2D eigenvalue weighted by molar-refractivity contribution is 5.75. The van der Waals surface area contributed by atoms with Gasteiger partial charge in [0.2, 0.25) is 0 Å². The predicted molar refractivity (Wildman–Crippen MR) is 75.6 cm³/mol. The maximum Gasteiger partial charge on any atom is 0.116 e. The van der Waals surface area contributed by atoms with Gasteiger partial charge in [-0.25, -0.2) is 0 Å². The highest BCUT2D eigenvalue weighted by Gasteiger charge is 2.52. The molecular formula is C18H15O3-. The SMILES string of the molecule is Cc1cccc2c1C1(O)CC(C(=O)[O-])C2c2ccccc21. The Morgan fingerprint density at radius 2 is 1.90 bits per heavy atom. The molecule has 3 atom stereocenters. The Labute approximate surface area is 122 Å². The van der Waals surface area contributed by atoms with Crippen molar-refractivity contribution in [3.63, 3.8) is 0 Å². The van der Waals surface area contributed by atoms with Crippen molar-refractivity contribution in [1.82, 2.24) is 0 Å². The minimum absolute atomic E-state index is 0.189. The van der Waals surface area contributed by atoms with Crippen LogP contribution in [0.25, 0.3) is 0 Å². The molecule has 0 aromatic heterocycles. The van der Waals surface area contributed by atoms with E-state index in [9.17, 15) is 15.0 Å². The second-order valence-corrected chi connectivity index (χ2v) is 6.09. The average molecular weight is 279 g/mol. The number of carboxylic acids is 1. The molecule has 0 saturated carbocycles. The van der Waals surface area contributed by atoms with E-state index in [4.69, 9.17) is 0 Å². The minimum atomic E-state index is -1.23. The third-order valence-electron chi connectivity index (χ3n) is 5.02. The molecule has 0 spiro atoms. The Hall–Kier alpha value is -2.13. The molecule has 0 radical (unpaired) electrons. The summed E-state index contributed by atoms with van der Waals surface area (Å²) in [4.78, 5) is 11.6. The third kappa shape index (κ3) is 1.44. The largest absolute Gasteiger partial charge is 0.550 e. The van der Waals surface area contributed by atoms with Crippen LogP contribution in [0.1, 0.15) is 40.2 Å². The van der Waals surface area contributed by atoms with E-state index in [1.54, 1.807) is 0 Å². The first-order valence-electron chi connectivity index (χ1n) is 7.16. The number of aliphatic carboxylic acids is 1. The van der Waals surface area contributed by atoms with Gasteiger partial charge in [-0.2, -0.15) is 0 Å². The summed E-state index contributed by atoms with van der Waals surface area (Å²) in [6, 6.07) is 13.4. The Morgan fingerprint density at radius 3 is 2.67 bits per heavy atom. The van der Waals surface area contributed by atoms with Crippen molar-refractivity contribution < 1.29 is 15.0 Å². The molecule has 0 amide bonds. The van der Waals surface area contributed by atoms with Crippen LogP contribution in [0.5, 0.6) is 0 Å². The summed E-state index contributed by atoms with van der Waals surface area (Å²) in [5.74, 6) is -1.99. The van der Waals surface area contributed by atoms with E-state index < -0.39 is 17.5 Å². The molecule has 0 fully saturated rings. The Morgan fingerprint density at radius 1 is 1.19 bits per heavy atom. The summed E-state index contributed by atoms with van der Waals surface area (Å²) in [6.07, 6.45) is 0.189. The number of benzene rings is 2. The number of fused-ring (bicyclic) bond motifs is 1. The van der Waals surface area contributed by atoms with Crippen LogP contribution in [-0.2, 0) is 10.4 Å². The van der Waals surface area contributed by atoms with Crippen LogP contribution in [-0.4, -0.2) is 11.1 Å². The van der Waals surface area contributed by atoms with E-state index in [0.717, 1.165) is 27.8 Å². The Bertz CT molecular complexity index is 765. The number of carboxylic acid groups (broad SMARTS) is 1. The van der Waals surface area contributed by atoms with Gasteiger partial charge in [-0.1, -0.05) is 42.5 Å². The van der Waals surface area contributed by atoms with Crippen LogP contribution >= 0.6 is 0 Å². The molecule has 2 bridgehead atoms. The van der Waals surface area contributed by atoms with Crippen molar-refractivity contribution >= 4 is 5.97 Å². The maximum atomic E-state index is 11.6. The first-order chi connectivity index (χ1) is 10.0. The van der Waals surface area contributed by atoms with Crippen molar-refractivity contribution in [2.75, 3.05) is 0 Å². The standard InChI is InChI=1S/C18H16O3/c1-10-5-4-7-12-15-11-6-2-3-8-14(11)18(21,16(10)12)9-13(15)17(19)20/h2-8,13,15,21H,9H2,1H3,(H,19,20)/p-1. The third-order valence-corrected chi connectivity index (χ3v) is 5.02. The van der Waals surface area contributed by atoms with Gasteiger partial charge in [0, 0.05) is 17.8 Å². The molecule has 0 heterocycles. The molecule has 2 aromatic carbocycles. The first-order valence-corrected chi connectivity index (χ1v) is 7.16. The highest BCUT2D eigenvalue weighted by atomic mass is 16.4. The lowest BCUT2D eigenvalue weighted by Gasteiger charge is -2.51. The van der Waals surface area contributed by atoms with Gasteiger partial charge in [-0.3, -0.25) is 0 Å². The zero-order chi connectivity index (χ0) is 14.8. The fourth-order valence-electron chi connectivity index (χ4n) is 4.26. The molecule has 1 N–H and O–H groups in total. The number of carbonyl (C=O) groups excluding carboxylic acids is 1. The second-order valence-electron chi connectivity index (χ2n) is 6.09. The minimum Gasteiger partial charge on any atom is -0.550 e. The number of rotatable bonds is 1. The van der Waals surface area contributed by atoms with Crippen molar-refractivity contribution in [3.05, 3.63) is 70.3 Å². The monoisotopic (exact) mass is 279 g/mol. The van der Waals surface area contributed by atoms with Gasteiger partial charge in [-0.05, 0) is 41.2 Å². The summed E-state index contributed by atoms with van der Waals surface area (Å²) in [5, 5.41) is 22.9. The van der Waals surface area contributed by atoms with E-state index in [-0.39, 0.29) is 12.3 Å². The van der Waals surface area contributed by atoms with E-state index in [1.807, 2.05) is 49.4 Å².